The van der Waals surface area contributed by atoms with E-state index in [1.165, 1.54) is 11.1 Å². The van der Waals surface area contributed by atoms with E-state index in [-0.39, 0.29) is 10.6 Å². The SMILES string of the molecule is C=C(C)CN1CCN2CC1Cc1ccc([N+](=O)[O-])cc12. The van der Waals surface area contributed by atoms with Gasteiger partial charge in [0.1, 0.15) is 0 Å². The maximum absolute atomic E-state index is 10.9. The van der Waals surface area contributed by atoms with Crippen molar-refractivity contribution >= 4 is 11.4 Å². The summed E-state index contributed by atoms with van der Waals surface area (Å²) in [5, 5.41) is 10.9. The average Bonchev–Trinajstić information content (AvgIpc) is 2.41. The van der Waals surface area contributed by atoms with Crippen molar-refractivity contribution in [2.45, 2.75) is 19.4 Å². The summed E-state index contributed by atoms with van der Waals surface area (Å²) >= 11 is 0. The first kappa shape index (κ1) is 13.1. The summed E-state index contributed by atoms with van der Waals surface area (Å²) in [6.07, 6.45) is 0.969. The van der Waals surface area contributed by atoms with E-state index in [9.17, 15) is 10.1 Å². The van der Waals surface area contributed by atoms with E-state index in [1.54, 1.807) is 12.1 Å². The third-order valence-electron chi connectivity index (χ3n) is 4.15. The molecule has 1 saturated heterocycles. The van der Waals surface area contributed by atoms with Crippen LogP contribution in [0.25, 0.3) is 0 Å². The zero-order valence-electron chi connectivity index (χ0n) is 11.7. The van der Waals surface area contributed by atoms with Crippen molar-refractivity contribution < 1.29 is 4.92 Å². The molecule has 3 rings (SSSR count). The first-order valence-corrected chi connectivity index (χ1v) is 6.95. The molecule has 0 spiro atoms. The molecule has 0 amide bonds. The second-order valence-corrected chi connectivity index (χ2v) is 5.80. The maximum Gasteiger partial charge on any atom is 0.271 e. The van der Waals surface area contributed by atoms with Gasteiger partial charge in [-0.1, -0.05) is 18.2 Å². The topological polar surface area (TPSA) is 49.6 Å². The molecule has 5 nitrogen and oxygen atoms in total. The van der Waals surface area contributed by atoms with E-state index in [1.807, 2.05) is 6.07 Å². The van der Waals surface area contributed by atoms with Crippen LogP contribution in [-0.2, 0) is 6.42 Å². The summed E-state index contributed by atoms with van der Waals surface area (Å²) in [6, 6.07) is 5.75. The number of hydrogen-bond donors (Lipinski definition) is 0. The van der Waals surface area contributed by atoms with Gasteiger partial charge in [0.2, 0.25) is 0 Å². The Kier molecular flexibility index (Phi) is 3.22. The molecule has 1 aromatic carbocycles. The van der Waals surface area contributed by atoms with Crippen LogP contribution < -0.4 is 4.90 Å². The van der Waals surface area contributed by atoms with Gasteiger partial charge in [0, 0.05) is 50.0 Å². The average molecular weight is 273 g/mol. The minimum atomic E-state index is -0.316. The standard InChI is InChI=1S/C15H19N3O2/c1-11(2)9-16-5-6-17-10-14(16)7-12-3-4-13(18(19)20)8-15(12)17/h3-4,8,14H,1,5-7,9-10H2,2H3. The number of nitro benzene ring substituents is 1. The smallest absolute Gasteiger partial charge is 0.271 e. The summed E-state index contributed by atoms with van der Waals surface area (Å²) in [6.45, 7) is 9.90. The van der Waals surface area contributed by atoms with Crippen molar-refractivity contribution in [2.24, 2.45) is 0 Å². The van der Waals surface area contributed by atoms with Crippen LogP contribution in [0.4, 0.5) is 11.4 Å². The normalized spacial score (nSPS) is 21.4. The second-order valence-electron chi connectivity index (χ2n) is 5.80. The van der Waals surface area contributed by atoms with Gasteiger partial charge in [-0.3, -0.25) is 15.0 Å². The van der Waals surface area contributed by atoms with E-state index in [4.69, 9.17) is 0 Å². The molecule has 0 aromatic heterocycles. The van der Waals surface area contributed by atoms with Crippen LogP contribution in [0.3, 0.4) is 0 Å². The Hall–Kier alpha value is -1.88. The number of piperazine rings is 1. The minimum absolute atomic E-state index is 0.187. The van der Waals surface area contributed by atoms with Crippen molar-refractivity contribution in [3.8, 4) is 0 Å². The highest BCUT2D eigenvalue weighted by Crippen LogP contribution is 2.34. The van der Waals surface area contributed by atoms with Gasteiger partial charge in [-0.25, -0.2) is 0 Å². The van der Waals surface area contributed by atoms with Crippen LogP contribution in [0.5, 0.6) is 0 Å². The molecular formula is C15H19N3O2. The predicted octanol–water partition coefficient (Wildman–Crippen LogP) is 2.22. The molecule has 2 heterocycles. The largest absolute Gasteiger partial charge is 0.368 e. The van der Waals surface area contributed by atoms with Crippen LogP contribution in [-0.4, -0.2) is 42.0 Å². The van der Waals surface area contributed by atoms with Gasteiger partial charge in [-0.05, 0) is 18.9 Å². The summed E-state index contributed by atoms with van der Waals surface area (Å²) in [5.74, 6) is 0. The molecule has 0 N–H and O–H groups in total. The molecule has 20 heavy (non-hydrogen) atoms. The van der Waals surface area contributed by atoms with E-state index in [0.29, 0.717) is 6.04 Å². The first-order chi connectivity index (χ1) is 9.54. The molecule has 5 heteroatoms. The molecule has 1 atom stereocenters. The molecule has 0 saturated carbocycles. The Bertz CT molecular complexity index is 570. The first-order valence-electron chi connectivity index (χ1n) is 6.95. The van der Waals surface area contributed by atoms with Gasteiger partial charge < -0.3 is 4.90 Å². The number of anilines is 1. The highest BCUT2D eigenvalue weighted by Gasteiger charge is 2.33. The lowest BCUT2D eigenvalue weighted by atomic mass is 9.94. The fraction of sp³-hybridized carbons (Fsp3) is 0.467. The van der Waals surface area contributed by atoms with Crippen LogP contribution >= 0.6 is 0 Å². The zero-order chi connectivity index (χ0) is 14.3. The Morgan fingerprint density at radius 2 is 2.30 bits per heavy atom. The molecule has 1 aromatic rings. The molecule has 2 aliphatic heterocycles. The van der Waals surface area contributed by atoms with Crippen LogP contribution in [0, 0.1) is 10.1 Å². The van der Waals surface area contributed by atoms with Crippen molar-refractivity contribution in [2.75, 3.05) is 31.1 Å². The fourth-order valence-corrected chi connectivity index (χ4v) is 3.25. The highest BCUT2D eigenvalue weighted by atomic mass is 16.6. The van der Waals surface area contributed by atoms with E-state index in [2.05, 4.69) is 23.3 Å². The van der Waals surface area contributed by atoms with E-state index in [0.717, 1.165) is 38.3 Å². The Balaban J connectivity index is 1.88. The molecule has 0 radical (unpaired) electrons. The number of nitrogens with zero attached hydrogens (tertiary/aromatic N) is 3. The zero-order valence-corrected chi connectivity index (χ0v) is 11.7. The summed E-state index contributed by atoms with van der Waals surface area (Å²) in [7, 11) is 0. The second kappa shape index (κ2) is 4.90. The lowest BCUT2D eigenvalue weighted by molar-refractivity contribution is -0.384. The maximum atomic E-state index is 10.9. The van der Waals surface area contributed by atoms with Gasteiger partial charge in [0.25, 0.3) is 5.69 Å². The lowest BCUT2D eigenvalue weighted by Gasteiger charge is -2.46. The highest BCUT2D eigenvalue weighted by molar-refractivity contribution is 5.61. The number of hydrogen-bond acceptors (Lipinski definition) is 4. The molecule has 106 valence electrons. The van der Waals surface area contributed by atoms with Crippen LogP contribution in [0.1, 0.15) is 12.5 Å². The summed E-state index contributed by atoms with van der Waals surface area (Å²) < 4.78 is 0. The number of non-ortho nitro benzene ring substituents is 1. The van der Waals surface area contributed by atoms with Crippen molar-refractivity contribution in [1.29, 1.82) is 0 Å². The number of benzene rings is 1. The number of rotatable bonds is 3. The molecular weight excluding hydrogens is 254 g/mol. The Labute approximate surface area is 118 Å². The third-order valence-corrected chi connectivity index (χ3v) is 4.15. The molecule has 2 bridgehead atoms. The minimum Gasteiger partial charge on any atom is -0.368 e. The molecule has 1 fully saturated rings. The van der Waals surface area contributed by atoms with Gasteiger partial charge in [-0.2, -0.15) is 0 Å². The number of nitro groups is 1. The van der Waals surface area contributed by atoms with Crippen LogP contribution in [0.2, 0.25) is 0 Å². The third kappa shape index (κ3) is 2.29. The Morgan fingerprint density at radius 1 is 1.50 bits per heavy atom. The summed E-state index contributed by atoms with van der Waals surface area (Å²) in [5.41, 5.74) is 3.64. The monoisotopic (exact) mass is 273 g/mol. The van der Waals surface area contributed by atoms with Gasteiger partial charge in [0.05, 0.1) is 4.92 Å². The Morgan fingerprint density at radius 3 is 3.00 bits per heavy atom. The van der Waals surface area contributed by atoms with Gasteiger partial charge >= 0.3 is 0 Å². The fourth-order valence-electron chi connectivity index (χ4n) is 3.25. The van der Waals surface area contributed by atoms with Gasteiger partial charge in [0.15, 0.2) is 0 Å². The molecule has 0 aliphatic carbocycles. The van der Waals surface area contributed by atoms with Gasteiger partial charge in [-0.15, -0.1) is 0 Å². The van der Waals surface area contributed by atoms with E-state index >= 15 is 0 Å². The van der Waals surface area contributed by atoms with Crippen LogP contribution in [0.15, 0.2) is 30.4 Å². The quantitative estimate of drug-likeness (QED) is 0.481. The molecule has 1 unspecified atom stereocenters. The molecule has 2 aliphatic rings. The predicted molar refractivity (Wildman–Crippen MR) is 79.2 cm³/mol. The number of fused-ring (bicyclic) bond motifs is 4. The van der Waals surface area contributed by atoms with Crippen molar-refractivity contribution in [3.63, 3.8) is 0 Å². The van der Waals surface area contributed by atoms with Crippen molar-refractivity contribution in [1.82, 2.24) is 4.90 Å². The van der Waals surface area contributed by atoms with E-state index < -0.39 is 0 Å². The lowest BCUT2D eigenvalue weighted by Crippen LogP contribution is -2.56. The summed E-state index contributed by atoms with van der Waals surface area (Å²) in [4.78, 5) is 15.3. The van der Waals surface area contributed by atoms with Crippen molar-refractivity contribution in [3.05, 3.63) is 46.0 Å².